The van der Waals surface area contributed by atoms with Gasteiger partial charge in [-0.1, -0.05) is 38.0 Å². The predicted octanol–water partition coefficient (Wildman–Crippen LogP) is 3.98. The van der Waals surface area contributed by atoms with Gasteiger partial charge in [-0.2, -0.15) is 0 Å². The molecule has 1 atom stereocenters. The first kappa shape index (κ1) is 16.8. The second-order valence-electron chi connectivity index (χ2n) is 7.52. The van der Waals surface area contributed by atoms with E-state index in [1.54, 1.807) is 0 Å². The molecule has 3 rings (SSSR count). The Bertz CT molecular complexity index is 538. The second-order valence-corrected chi connectivity index (χ2v) is 8.52. The Morgan fingerprint density at radius 1 is 1.26 bits per heavy atom. The van der Waals surface area contributed by atoms with Gasteiger partial charge in [-0.15, -0.1) is 10.2 Å². The van der Waals surface area contributed by atoms with E-state index < -0.39 is 0 Å². The minimum absolute atomic E-state index is 0.0830. The van der Waals surface area contributed by atoms with E-state index in [0.717, 1.165) is 37.5 Å². The van der Waals surface area contributed by atoms with Gasteiger partial charge in [-0.3, -0.25) is 4.79 Å². The molecule has 0 spiro atoms. The summed E-state index contributed by atoms with van der Waals surface area (Å²) in [5.41, 5.74) is 0.268. The first-order valence-corrected chi connectivity index (χ1v) is 9.57. The van der Waals surface area contributed by atoms with Crippen molar-refractivity contribution in [1.29, 1.82) is 0 Å². The summed E-state index contributed by atoms with van der Waals surface area (Å²) in [6.45, 7) is 6.17. The van der Waals surface area contributed by atoms with Gasteiger partial charge in [0, 0.05) is 25.6 Å². The molecule has 0 radical (unpaired) electrons. The molecule has 1 amide bonds. The Balaban J connectivity index is 1.54. The van der Waals surface area contributed by atoms with Crippen molar-refractivity contribution in [1.82, 2.24) is 10.2 Å². The Labute approximate surface area is 142 Å². The smallest absolute Gasteiger partial charge is 0.226 e. The maximum Gasteiger partial charge on any atom is 0.226 e. The molecule has 1 saturated heterocycles. The van der Waals surface area contributed by atoms with Gasteiger partial charge >= 0.3 is 0 Å². The maximum absolute atomic E-state index is 12.4. The molecule has 1 aliphatic heterocycles. The zero-order valence-electron chi connectivity index (χ0n) is 14.1. The summed E-state index contributed by atoms with van der Waals surface area (Å²) in [4.78, 5) is 12.4. The van der Waals surface area contributed by atoms with Crippen molar-refractivity contribution in [2.75, 3.05) is 18.5 Å². The van der Waals surface area contributed by atoms with Crippen LogP contribution in [0.5, 0.6) is 0 Å². The molecule has 23 heavy (non-hydrogen) atoms. The van der Waals surface area contributed by atoms with Crippen molar-refractivity contribution in [3.63, 3.8) is 0 Å². The van der Waals surface area contributed by atoms with Crippen molar-refractivity contribution in [2.24, 2.45) is 11.3 Å². The summed E-state index contributed by atoms with van der Waals surface area (Å²) in [5.74, 6) is 0.989. The van der Waals surface area contributed by atoms with Crippen molar-refractivity contribution >= 4 is 22.4 Å². The number of nitrogens with zero attached hydrogens (tertiary/aromatic N) is 2. The molecular weight excluding hydrogens is 310 g/mol. The summed E-state index contributed by atoms with van der Waals surface area (Å²) >= 11 is 1.52. The van der Waals surface area contributed by atoms with Crippen LogP contribution in [0.25, 0.3) is 0 Å². The number of amides is 1. The van der Waals surface area contributed by atoms with Gasteiger partial charge in [-0.05, 0) is 37.0 Å². The maximum atomic E-state index is 12.4. The minimum Gasteiger partial charge on any atom is -0.381 e. The lowest BCUT2D eigenvalue weighted by molar-refractivity contribution is -0.118. The van der Waals surface area contributed by atoms with Crippen LogP contribution in [-0.4, -0.2) is 29.3 Å². The van der Waals surface area contributed by atoms with E-state index in [4.69, 9.17) is 4.74 Å². The average Bonchev–Trinajstić information content (AvgIpc) is 2.98. The molecule has 1 aromatic rings. The minimum atomic E-state index is 0.0830. The molecule has 2 fully saturated rings. The molecular formula is C17H27N3O2S. The fourth-order valence-electron chi connectivity index (χ4n) is 3.73. The highest BCUT2D eigenvalue weighted by Crippen LogP contribution is 2.42. The van der Waals surface area contributed by atoms with Crippen LogP contribution in [0.2, 0.25) is 0 Å². The van der Waals surface area contributed by atoms with Gasteiger partial charge in [0.05, 0.1) is 0 Å². The third-order valence-corrected chi connectivity index (χ3v) is 6.42. The number of hydrogen-bond acceptors (Lipinski definition) is 5. The number of carbonyl (C=O) groups is 1. The lowest BCUT2D eigenvalue weighted by Gasteiger charge is -2.38. The van der Waals surface area contributed by atoms with Gasteiger partial charge in [0.1, 0.15) is 5.01 Å². The van der Waals surface area contributed by atoms with Crippen LogP contribution in [-0.2, 0) is 9.53 Å². The number of anilines is 1. The fraction of sp³-hybridized carbons (Fsp3) is 0.824. The number of carbonyl (C=O) groups excluding carboxylic acids is 1. The molecule has 1 N–H and O–H groups in total. The number of hydrogen-bond donors (Lipinski definition) is 1. The Kier molecular flexibility index (Phi) is 5.31. The van der Waals surface area contributed by atoms with Gasteiger partial charge in [0.15, 0.2) is 0 Å². The number of ether oxygens (including phenoxy) is 1. The molecule has 6 heteroatoms. The van der Waals surface area contributed by atoms with Gasteiger partial charge in [-0.25, -0.2) is 0 Å². The zero-order valence-corrected chi connectivity index (χ0v) is 15.0. The number of aromatic nitrogens is 2. The summed E-state index contributed by atoms with van der Waals surface area (Å²) < 4.78 is 5.38. The Hall–Kier alpha value is -1.01. The lowest BCUT2D eigenvalue weighted by atomic mass is 9.67. The van der Waals surface area contributed by atoms with Crippen molar-refractivity contribution < 1.29 is 9.53 Å². The van der Waals surface area contributed by atoms with Gasteiger partial charge < -0.3 is 10.1 Å². The lowest BCUT2D eigenvalue weighted by Crippen LogP contribution is -2.31. The summed E-state index contributed by atoms with van der Waals surface area (Å²) in [7, 11) is 0. The van der Waals surface area contributed by atoms with Crippen LogP contribution in [0.3, 0.4) is 0 Å². The molecule has 0 unspecified atom stereocenters. The predicted molar refractivity (Wildman–Crippen MR) is 91.7 cm³/mol. The van der Waals surface area contributed by atoms with E-state index in [-0.39, 0.29) is 11.3 Å². The monoisotopic (exact) mass is 337 g/mol. The average molecular weight is 337 g/mol. The largest absolute Gasteiger partial charge is 0.381 e. The first-order chi connectivity index (χ1) is 11.0. The molecule has 0 aromatic carbocycles. The highest BCUT2D eigenvalue weighted by Gasteiger charge is 2.33. The van der Waals surface area contributed by atoms with Crippen LogP contribution in [0.15, 0.2) is 0 Å². The Morgan fingerprint density at radius 3 is 2.78 bits per heavy atom. The molecule has 128 valence electrons. The van der Waals surface area contributed by atoms with Crippen LogP contribution >= 0.6 is 11.3 Å². The van der Waals surface area contributed by atoms with E-state index in [1.807, 2.05) is 0 Å². The molecule has 1 saturated carbocycles. The summed E-state index contributed by atoms with van der Waals surface area (Å²) in [5, 5.41) is 13.1. The Morgan fingerprint density at radius 2 is 2.04 bits per heavy atom. The van der Waals surface area contributed by atoms with Crippen molar-refractivity contribution in [3.05, 3.63) is 5.01 Å². The SMILES string of the molecule is CC1(C)CCCC[C@H]1CC(=O)Nc1nnc(C2CCOCC2)s1. The molecule has 0 bridgehead atoms. The molecule has 5 nitrogen and oxygen atoms in total. The summed E-state index contributed by atoms with van der Waals surface area (Å²) in [6.07, 6.45) is 7.50. The first-order valence-electron chi connectivity index (χ1n) is 8.75. The van der Waals surface area contributed by atoms with Crippen LogP contribution < -0.4 is 5.32 Å². The van der Waals surface area contributed by atoms with E-state index in [2.05, 4.69) is 29.4 Å². The van der Waals surface area contributed by atoms with Gasteiger partial charge in [0.2, 0.25) is 11.0 Å². The number of nitrogens with one attached hydrogen (secondary N) is 1. The third-order valence-electron chi connectivity index (χ3n) is 5.42. The second kappa shape index (κ2) is 7.26. The van der Waals surface area contributed by atoms with Crippen LogP contribution in [0.4, 0.5) is 5.13 Å². The van der Waals surface area contributed by atoms with Crippen molar-refractivity contribution in [3.8, 4) is 0 Å². The fourth-order valence-corrected chi connectivity index (χ4v) is 4.66. The normalized spacial score (nSPS) is 25.2. The topological polar surface area (TPSA) is 64.1 Å². The molecule has 1 aromatic heterocycles. The van der Waals surface area contributed by atoms with E-state index in [0.29, 0.717) is 23.4 Å². The van der Waals surface area contributed by atoms with Crippen LogP contribution in [0.1, 0.15) is 69.7 Å². The van der Waals surface area contributed by atoms with Crippen molar-refractivity contribution in [2.45, 2.75) is 64.7 Å². The van der Waals surface area contributed by atoms with Gasteiger partial charge in [0.25, 0.3) is 0 Å². The highest BCUT2D eigenvalue weighted by atomic mass is 32.1. The van der Waals surface area contributed by atoms with E-state index in [1.165, 1.54) is 30.6 Å². The third kappa shape index (κ3) is 4.29. The van der Waals surface area contributed by atoms with E-state index in [9.17, 15) is 4.79 Å². The zero-order chi connectivity index (χ0) is 16.3. The molecule has 1 aliphatic carbocycles. The standard InChI is InChI=1S/C17H27N3O2S/c1-17(2)8-4-3-5-13(17)11-14(21)18-16-20-19-15(23-16)12-6-9-22-10-7-12/h12-13H,3-11H2,1-2H3,(H,18,20,21)/t13-/m0/s1. The van der Waals surface area contributed by atoms with Crippen LogP contribution in [0, 0.1) is 11.3 Å². The quantitative estimate of drug-likeness (QED) is 0.902. The summed E-state index contributed by atoms with van der Waals surface area (Å²) in [6, 6.07) is 0. The highest BCUT2D eigenvalue weighted by molar-refractivity contribution is 7.15. The molecule has 2 aliphatic rings. The molecule has 2 heterocycles. The number of rotatable bonds is 4. The van der Waals surface area contributed by atoms with E-state index >= 15 is 0 Å².